The summed E-state index contributed by atoms with van der Waals surface area (Å²) in [6.45, 7) is 0. The highest BCUT2D eigenvalue weighted by molar-refractivity contribution is 6.29. The van der Waals surface area contributed by atoms with Gasteiger partial charge in [-0.1, -0.05) is 11.6 Å². The SMILES string of the molecule is O=[N+]([O-])c1ccc(Cl)nn1. The summed E-state index contributed by atoms with van der Waals surface area (Å²) in [6, 6.07) is 2.50. The van der Waals surface area contributed by atoms with E-state index in [-0.39, 0.29) is 11.0 Å². The highest BCUT2D eigenvalue weighted by Crippen LogP contribution is 2.07. The van der Waals surface area contributed by atoms with Crippen molar-refractivity contribution in [3.05, 3.63) is 27.4 Å². The van der Waals surface area contributed by atoms with Crippen LogP contribution in [0.5, 0.6) is 0 Å². The third-order valence-corrected chi connectivity index (χ3v) is 1.01. The van der Waals surface area contributed by atoms with Crippen LogP contribution < -0.4 is 0 Å². The molecule has 1 rings (SSSR count). The quantitative estimate of drug-likeness (QED) is 0.454. The molecule has 0 atom stereocenters. The molecule has 0 aromatic carbocycles. The van der Waals surface area contributed by atoms with E-state index < -0.39 is 4.92 Å². The van der Waals surface area contributed by atoms with Gasteiger partial charge in [0.2, 0.25) is 0 Å². The minimum atomic E-state index is -0.636. The summed E-state index contributed by atoms with van der Waals surface area (Å²) in [6.07, 6.45) is 0. The van der Waals surface area contributed by atoms with Crippen LogP contribution in [0.1, 0.15) is 0 Å². The lowest BCUT2D eigenvalue weighted by atomic mass is 10.5. The molecule has 1 heterocycles. The van der Waals surface area contributed by atoms with Crippen molar-refractivity contribution >= 4 is 17.4 Å². The Kier molecular flexibility index (Phi) is 1.77. The van der Waals surface area contributed by atoms with Gasteiger partial charge in [-0.05, 0) is 16.1 Å². The van der Waals surface area contributed by atoms with E-state index in [1.54, 1.807) is 0 Å². The zero-order chi connectivity index (χ0) is 7.56. The van der Waals surface area contributed by atoms with E-state index in [4.69, 9.17) is 11.6 Å². The third-order valence-electron chi connectivity index (χ3n) is 0.805. The summed E-state index contributed by atoms with van der Waals surface area (Å²) in [7, 11) is 0. The second-order valence-electron chi connectivity index (χ2n) is 1.47. The van der Waals surface area contributed by atoms with Crippen LogP contribution >= 0.6 is 11.6 Å². The van der Waals surface area contributed by atoms with Gasteiger partial charge >= 0.3 is 5.82 Å². The van der Waals surface area contributed by atoms with E-state index in [1.165, 1.54) is 12.1 Å². The van der Waals surface area contributed by atoms with Crippen molar-refractivity contribution in [2.24, 2.45) is 0 Å². The first-order chi connectivity index (χ1) is 4.70. The molecule has 10 heavy (non-hydrogen) atoms. The maximum absolute atomic E-state index is 9.97. The average molecular weight is 160 g/mol. The fraction of sp³-hybridized carbons (Fsp3) is 0. The van der Waals surface area contributed by atoms with Gasteiger partial charge < -0.3 is 10.1 Å². The lowest BCUT2D eigenvalue weighted by Gasteiger charge is -1.87. The van der Waals surface area contributed by atoms with Crippen LogP contribution in [0.3, 0.4) is 0 Å². The van der Waals surface area contributed by atoms with Gasteiger partial charge in [0, 0.05) is 6.07 Å². The molecule has 52 valence electrons. The molecule has 0 fully saturated rings. The zero-order valence-electron chi connectivity index (χ0n) is 4.69. The second kappa shape index (κ2) is 2.57. The largest absolute Gasteiger partial charge is 0.390 e. The van der Waals surface area contributed by atoms with Gasteiger partial charge in [-0.3, -0.25) is 0 Å². The van der Waals surface area contributed by atoms with Gasteiger partial charge in [0.25, 0.3) is 0 Å². The molecular formula is C4H2ClN3O2. The molecule has 0 saturated carbocycles. The van der Waals surface area contributed by atoms with Crippen molar-refractivity contribution in [2.45, 2.75) is 0 Å². The van der Waals surface area contributed by atoms with Gasteiger partial charge in [-0.25, -0.2) is 0 Å². The lowest BCUT2D eigenvalue weighted by molar-refractivity contribution is -0.390. The number of halogens is 1. The van der Waals surface area contributed by atoms with Gasteiger partial charge in [0.15, 0.2) is 5.15 Å². The van der Waals surface area contributed by atoms with Crippen LogP contribution in [-0.2, 0) is 0 Å². The number of nitrogens with zero attached hydrogens (tertiary/aromatic N) is 3. The molecule has 1 aromatic rings. The van der Waals surface area contributed by atoms with E-state index in [9.17, 15) is 10.1 Å². The first-order valence-corrected chi connectivity index (χ1v) is 2.71. The van der Waals surface area contributed by atoms with Crippen molar-refractivity contribution in [1.29, 1.82) is 0 Å². The van der Waals surface area contributed by atoms with E-state index in [0.29, 0.717) is 0 Å². The summed E-state index contributed by atoms with van der Waals surface area (Å²) in [4.78, 5) is 9.34. The molecule has 0 radical (unpaired) electrons. The van der Waals surface area contributed by atoms with Crippen LogP contribution in [0.15, 0.2) is 12.1 Å². The predicted octanol–water partition coefficient (Wildman–Crippen LogP) is 1.04. The van der Waals surface area contributed by atoms with E-state index in [1.807, 2.05) is 0 Å². The highest BCUT2D eigenvalue weighted by Gasteiger charge is 2.05. The van der Waals surface area contributed by atoms with Gasteiger partial charge in [0.1, 0.15) is 0 Å². The molecule has 0 aliphatic rings. The molecule has 0 saturated heterocycles. The topological polar surface area (TPSA) is 68.9 Å². The van der Waals surface area contributed by atoms with Crippen LogP contribution in [0.2, 0.25) is 5.15 Å². The fourth-order valence-corrected chi connectivity index (χ4v) is 0.507. The summed E-state index contributed by atoms with van der Waals surface area (Å²) < 4.78 is 0. The molecule has 0 aliphatic carbocycles. The van der Waals surface area contributed by atoms with Gasteiger partial charge in [-0.2, -0.15) is 0 Å². The molecule has 0 unspecified atom stereocenters. The van der Waals surface area contributed by atoms with Crippen molar-refractivity contribution in [1.82, 2.24) is 10.2 Å². The molecule has 0 N–H and O–H groups in total. The maximum atomic E-state index is 9.97. The normalized spacial score (nSPS) is 9.30. The smallest absolute Gasteiger partial charge is 0.358 e. The van der Waals surface area contributed by atoms with Crippen molar-refractivity contribution in [3.8, 4) is 0 Å². The first-order valence-electron chi connectivity index (χ1n) is 2.34. The molecule has 1 aromatic heterocycles. The average Bonchev–Trinajstić information content (AvgIpc) is 1.88. The minimum Gasteiger partial charge on any atom is -0.358 e. The molecule has 0 spiro atoms. The third kappa shape index (κ3) is 1.38. The molecule has 6 heteroatoms. The van der Waals surface area contributed by atoms with Crippen LogP contribution in [0.25, 0.3) is 0 Å². The first kappa shape index (κ1) is 6.88. The standard InChI is InChI=1S/C4H2ClN3O2/c5-3-1-2-4(7-6-3)8(9)10/h1-2H. The molecule has 0 aliphatic heterocycles. The fourth-order valence-electron chi connectivity index (χ4n) is 0.406. The minimum absolute atomic E-state index is 0.144. The van der Waals surface area contributed by atoms with Gasteiger partial charge in [-0.15, -0.1) is 0 Å². The number of hydrogen-bond donors (Lipinski definition) is 0. The van der Waals surface area contributed by atoms with Crippen molar-refractivity contribution in [2.75, 3.05) is 0 Å². The van der Waals surface area contributed by atoms with E-state index in [0.717, 1.165) is 0 Å². The Morgan fingerprint density at radius 3 is 2.60 bits per heavy atom. The Labute approximate surface area is 60.8 Å². The van der Waals surface area contributed by atoms with E-state index >= 15 is 0 Å². The molecule has 5 nitrogen and oxygen atoms in total. The number of rotatable bonds is 1. The number of aromatic nitrogens is 2. The second-order valence-corrected chi connectivity index (χ2v) is 1.86. The Hall–Kier alpha value is -1.23. The molecular weight excluding hydrogens is 158 g/mol. The van der Waals surface area contributed by atoms with Crippen LogP contribution in [0.4, 0.5) is 5.82 Å². The van der Waals surface area contributed by atoms with Crippen LogP contribution in [0, 0.1) is 10.1 Å². The molecule has 0 bridgehead atoms. The van der Waals surface area contributed by atoms with E-state index in [2.05, 4.69) is 10.2 Å². The Bertz CT molecular complexity index is 247. The highest BCUT2D eigenvalue weighted by atomic mass is 35.5. The van der Waals surface area contributed by atoms with Crippen molar-refractivity contribution in [3.63, 3.8) is 0 Å². The summed E-state index contributed by atoms with van der Waals surface area (Å²) in [5.41, 5.74) is 0. The summed E-state index contributed by atoms with van der Waals surface area (Å²) >= 11 is 5.32. The lowest BCUT2D eigenvalue weighted by Crippen LogP contribution is -1.92. The Morgan fingerprint density at radius 2 is 2.20 bits per heavy atom. The summed E-state index contributed by atoms with van der Waals surface area (Å²) in [5, 5.41) is 16.6. The number of nitro groups is 1. The Balaban J connectivity index is 3.00. The van der Waals surface area contributed by atoms with Crippen LogP contribution in [-0.4, -0.2) is 15.1 Å². The predicted molar refractivity (Wildman–Crippen MR) is 33.7 cm³/mol. The van der Waals surface area contributed by atoms with Crippen molar-refractivity contribution < 1.29 is 4.92 Å². The molecule has 0 amide bonds. The summed E-state index contributed by atoms with van der Waals surface area (Å²) in [5.74, 6) is -0.301. The monoisotopic (exact) mass is 159 g/mol. The Morgan fingerprint density at radius 1 is 1.50 bits per heavy atom. The van der Waals surface area contributed by atoms with Gasteiger partial charge in [0.05, 0.1) is 5.10 Å². The number of hydrogen-bond acceptors (Lipinski definition) is 4. The maximum Gasteiger partial charge on any atom is 0.390 e. The zero-order valence-corrected chi connectivity index (χ0v) is 5.45.